The Kier molecular flexibility index (Phi) is 6.14. The van der Waals surface area contributed by atoms with Gasteiger partial charge in [0.1, 0.15) is 0 Å². The third-order valence-electron chi connectivity index (χ3n) is 6.15. The minimum atomic E-state index is 0. The number of carbonyl (C=O) groups is 1. The zero-order chi connectivity index (χ0) is 14.9. The number of hydrogen-bond donors (Lipinski definition) is 1. The molecule has 1 N–H and O–H groups in total. The molecule has 0 aromatic carbocycles. The molecule has 4 nitrogen and oxygen atoms in total. The van der Waals surface area contributed by atoms with Crippen LogP contribution in [0.4, 0.5) is 0 Å². The molecule has 2 saturated carbocycles. The Morgan fingerprint density at radius 1 is 1.27 bits per heavy atom. The second kappa shape index (κ2) is 7.50. The Bertz CT molecular complexity index is 379. The fourth-order valence-electron chi connectivity index (χ4n) is 4.90. The van der Waals surface area contributed by atoms with Gasteiger partial charge >= 0.3 is 0 Å². The van der Waals surface area contributed by atoms with E-state index in [2.05, 4.69) is 17.1 Å². The fraction of sp³-hybridized carbons (Fsp3) is 0.941. The molecule has 3 rings (SSSR count). The molecule has 5 heteroatoms. The predicted molar refractivity (Wildman–Crippen MR) is 90.3 cm³/mol. The summed E-state index contributed by atoms with van der Waals surface area (Å²) in [6, 6.07) is 0.416. The van der Waals surface area contributed by atoms with Crippen LogP contribution in [0.3, 0.4) is 0 Å². The number of rotatable bonds is 4. The molecule has 3 aliphatic rings. The van der Waals surface area contributed by atoms with Crippen LogP contribution in [-0.2, 0) is 9.53 Å². The highest BCUT2D eigenvalue weighted by molar-refractivity contribution is 5.85. The largest absolute Gasteiger partial charge is 0.378 e. The van der Waals surface area contributed by atoms with Crippen LogP contribution in [0, 0.1) is 11.3 Å². The quantitative estimate of drug-likeness (QED) is 0.861. The minimum absolute atomic E-state index is 0. The van der Waals surface area contributed by atoms with Gasteiger partial charge in [-0.15, -0.1) is 12.4 Å². The van der Waals surface area contributed by atoms with Gasteiger partial charge in [-0.1, -0.05) is 12.8 Å². The Balaban J connectivity index is 0.00000176. The SMILES string of the molecule is CCOC1CC(N(C)C(=O)C2CCNCC2)C12CCCC2.Cl. The number of halogens is 1. The number of ether oxygens (including phenoxy) is 1. The van der Waals surface area contributed by atoms with E-state index in [4.69, 9.17) is 4.74 Å². The van der Waals surface area contributed by atoms with Crippen LogP contribution in [0.2, 0.25) is 0 Å². The maximum absolute atomic E-state index is 12.8. The van der Waals surface area contributed by atoms with Gasteiger partial charge in [-0.2, -0.15) is 0 Å². The molecule has 0 radical (unpaired) electrons. The average Bonchev–Trinajstić information content (AvgIpc) is 3.03. The monoisotopic (exact) mass is 330 g/mol. The van der Waals surface area contributed by atoms with Gasteiger partial charge in [-0.25, -0.2) is 0 Å². The standard InChI is InChI=1S/C17H30N2O2.ClH/c1-3-21-15-12-14(17(15)8-4-5-9-17)19(2)16(20)13-6-10-18-11-7-13;/h13-15,18H,3-12H2,1-2H3;1H. The van der Waals surface area contributed by atoms with Crippen molar-refractivity contribution >= 4 is 18.3 Å². The van der Waals surface area contributed by atoms with Crippen molar-refractivity contribution in [2.45, 2.75) is 64.0 Å². The van der Waals surface area contributed by atoms with Crippen molar-refractivity contribution in [3.63, 3.8) is 0 Å². The van der Waals surface area contributed by atoms with Crippen LogP contribution in [0.5, 0.6) is 0 Å². The van der Waals surface area contributed by atoms with Gasteiger partial charge in [-0.05, 0) is 52.1 Å². The van der Waals surface area contributed by atoms with Gasteiger partial charge in [-0.3, -0.25) is 4.79 Å². The molecule has 2 unspecified atom stereocenters. The summed E-state index contributed by atoms with van der Waals surface area (Å²) < 4.78 is 5.97. The summed E-state index contributed by atoms with van der Waals surface area (Å²) >= 11 is 0. The Morgan fingerprint density at radius 2 is 1.91 bits per heavy atom. The summed E-state index contributed by atoms with van der Waals surface area (Å²) in [5, 5.41) is 3.35. The van der Waals surface area contributed by atoms with E-state index in [0.717, 1.165) is 39.0 Å². The molecular weight excluding hydrogens is 300 g/mol. The Labute approximate surface area is 140 Å². The summed E-state index contributed by atoms with van der Waals surface area (Å²) in [7, 11) is 2.04. The summed E-state index contributed by atoms with van der Waals surface area (Å²) in [6.45, 7) is 4.86. The lowest BCUT2D eigenvalue weighted by atomic mass is 9.60. The highest BCUT2D eigenvalue weighted by Crippen LogP contribution is 2.56. The zero-order valence-electron chi connectivity index (χ0n) is 14.0. The summed E-state index contributed by atoms with van der Waals surface area (Å²) in [4.78, 5) is 14.9. The first-order chi connectivity index (χ1) is 10.2. The summed E-state index contributed by atoms with van der Waals surface area (Å²) in [5.41, 5.74) is 0.271. The second-order valence-electron chi connectivity index (χ2n) is 7.11. The van der Waals surface area contributed by atoms with E-state index >= 15 is 0 Å². The topological polar surface area (TPSA) is 41.6 Å². The van der Waals surface area contributed by atoms with Crippen LogP contribution in [0.1, 0.15) is 51.9 Å². The van der Waals surface area contributed by atoms with E-state index in [-0.39, 0.29) is 23.7 Å². The van der Waals surface area contributed by atoms with E-state index < -0.39 is 0 Å². The molecule has 0 aromatic heterocycles. The highest BCUT2D eigenvalue weighted by atomic mass is 35.5. The van der Waals surface area contributed by atoms with Crippen molar-refractivity contribution in [3.05, 3.63) is 0 Å². The molecule has 0 aromatic rings. The van der Waals surface area contributed by atoms with E-state index in [1.165, 1.54) is 25.7 Å². The normalized spacial score (nSPS) is 30.6. The number of hydrogen-bond acceptors (Lipinski definition) is 3. The molecule has 1 amide bonds. The van der Waals surface area contributed by atoms with Crippen LogP contribution in [-0.4, -0.2) is 49.7 Å². The molecule has 3 fully saturated rings. The molecule has 22 heavy (non-hydrogen) atoms. The average molecular weight is 331 g/mol. The lowest BCUT2D eigenvalue weighted by Gasteiger charge is -2.57. The Morgan fingerprint density at radius 3 is 2.50 bits per heavy atom. The molecule has 2 aliphatic carbocycles. The lowest BCUT2D eigenvalue weighted by molar-refractivity contribution is -0.175. The van der Waals surface area contributed by atoms with Crippen molar-refractivity contribution in [1.82, 2.24) is 10.2 Å². The number of carbonyl (C=O) groups excluding carboxylic acids is 1. The van der Waals surface area contributed by atoms with Crippen molar-refractivity contribution in [1.29, 1.82) is 0 Å². The summed E-state index contributed by atoms with van der Waals surface area (Å²) in [6.07, 6.45) is 8.51. The van der Waals surface area contributed by atoms with Gasteiger partial charge in [0.05, 0.1) is 6.10 Å². The summed E-state index contributed by atoms with van der Waals surface area (Å²) in [5.74, 6) is 0.614. The van der Waals surface area contributed by atoms with Crippen molar-refractivity contribution < 1.29 is 9.53 Å². The number of piperidine rings is 1. The van der Waals surface area contributed by atoms with Gasteiger partial charge < -0.3 is 15.0 Å². The minimum Gasteiger partial charge on any atom is -0.378 e. The Hall–Kier alpha value is -0.320. The fourth-order valence-corrected chi connectivity index (χ4v) is 4.90. The van der Waals surface area contributed by atoms with Gasteiger partial charge in [0, 0.05) is 31.0 Å². The van der Waals surface area contributed by atoms with E-state index in [1.54, 1.807) is 0 Å². The van der Waals surface area contributed by atoms with Gasteiger partial charge in [0.25, 0.3) is 0 Å². The van der Waals surface area contributed by atoms with Crippen LogP contribution >= 0.6 is 12.4 Å². The third kappa shape index (κ3) is 3.02. The van der Waals surface area contributed by atoms with Crippen LogP contribution in [0.15, 0.2) is 0 Å². The molecule has 1 aliphatic heterocycles. The van der Waals surface area contributed by atoms with Gasteiger partial charge in [0.15, 0.2) is 0 Å². The molecule has 1 heterocycles. The zero-order valence-corrected chi connectivity index (χ0v) is 14.8. The van der Waals surface area contributed by atoms with E-state index in [9.17, 15) is 4.79 Å². The molecule has 1 saturated heterocycles. The number of nitrogens with zero attached hydrogens (tertiary/aromatic N) is 1. The van der Waals surface area contributed by atoms with Crippen LogP contribution < -0.4 is 5.32 Å². The first-order valence-electron chi connectivity index (χ1n) is 8.78. The molecule has 2 atom stereocenters. The van der Waals surface area contributed by atoms with E-state index in [1.807, 2.05) is 7.05 Å². The van der Waals surface area contributed by atoms with Crippen LogP contribution in [0.25, 0.3) is 0 Å². The van der Waals surface area contributed by atoms with Crippen molar-refractivity contribution in [2.24, 2.45) is 11.3 Å². The number of nitrogens with one attached hydrogen (secondary N) is 1. The van der Waals surface area contributed by atoms with Crippen molar-refractivity contribution in [2.75, 3.05) is 26.7 Å². The maximum atomic E-state index is 12.8. The maximum Gasteiger partial charge on any atom is 0.225 e. The smallest absolute Gasteiger partial charge is 0.225 e. The lowest BCUT2D eigenvalue weighted by Crippen LogP contribution is -2.64. The first kappa shape index (κ1) is 18.0. The molecule has 1 spiro atoms. The third-order valence-corrected chi connectivity index (χ3v) is 6.15. The number of amides is 1. The van der Waals surface area contributed by atoms with Crippen molar-refractivity contribution in [3.8, 4) is 0 Å². The second-order valence-corrected chi connectivity index (χ2v) is 7.11. The molecule has 0 bridgehead atoms. The predicted octanol–water partition coefficient (Wildman–Crippen LogP) is 2.60. The van der Waals surface area contributed by atoms with Gasteiger partial charge in [0.2, 0.25) is 5.91 Å². The van der Waals surface area contributed by atoms with E-state index in [0.29, 0.717) is 18.1 Å². The first-order valence-corrected chi connectivity index (χ1v) is 8.78. The molecular formula is C17H31ClN2O2. The molecule has 128 valence electrons. The highest BCUT2D eigenvalue weighted by Gasteiger charge is 2.59.